The van der Waals surface area contributed by atoms with Crippen LogP contribution in [-0.4, -0.2) is 43.9 Å². The van der Waals surface area contributed by atoms with Crippen LogP contribution >= 0.6 is 24.0 Å². The smallest absolute Gasteiger partial charge is 0.191 e. The minimum atomic E-state index is 0. The monoisotopic (exact) mass is 472 g/mol. The molecule has 2 rings (SSSR count). The number of aromatic nitrogens is 1. The van der Waals surface area contributed by atoms with Gasteiger partial charge in [0.25, 0.3) is 0 Å². The van der Waals surface area contributed by atoms with Crippen molar-refractivity contribution in [1.82, 2.24) is 15.2 Å². The number of nitrogens with one attached hydrogen (secondary N) is 2. The van der Waals surface area contributed by atoms with Gasteiger partial charge in [0.1, 0.15) is 0 Å². The van der Waals surface area contributed by atoms with Crippen LogP contribution in [0.5, 0.6) is 0 Å². The molecule has 0 saturated heterocycles. The van der Waals surface area contributed by atoms with Gasteiger partial charge in [0.15, 0.2) is 5.96 Å². The predicted octanol–water partition coefficient (Wildman–Crippen LogP) is 4.02. The number of unbranched alkanes of at least 4 members (excludes halogenated alkanes) is 2. The molecule has 0 radical (unpaired) electrons. The number of aryl methyl sites for hydroxylation is 1. The Morgan fingerprint density at radius 3 is 2.73 bits per heavy atom. The van der Waals surface area contributed by atoms with Crippen LogP contribution in [0.1, 0.15) is 32.6 Å². The molecule has 2 N–H and O–H groups in total. The number of hydrogen-bond acceptors (Lipinski definition) is 2. The summed E-state index contributed by atoms with van der Waals surface area (Å²) in [5.74, 6) is 0.923. The first-order valence-electron chi connectivity index (χ1n) is 9.40. The molecular weight excluding hydrogens is 439 g/mol. The molecule has 0 amide bonds. The van der Waals surface area contributed by atoms with E-state index in [0.29, 0.717) is 0 Å². The number of guanidine groups is 1. The quantitative estimate of drug-likeness (QED) is 0.225. The Morgan fingerprint density at radius 2 is 1.92 bits per heavy atom. The fourth-order valence-corrected chi connectivity index (χ4v) is 2.86. The van der Waals surface area contributed by atoms with E-state index in [0.717, 1.165) is 58.0 Å². The van der Waals surface area contributed by atoms with Crippen LogP contribution in [0.3, 0.4) is 0 Å². The zero-order valence-electron chi connectivity index (χ0n) is 16.0. The van der Waals surface area contributed by atoms with Crippen molar-refractivity contribution in [3.05, 3.63) is 36.5 Å². The molecule has 0 unspecified atom stereocenters. The van der Waals surface area contributed by atoms with Gasteiger partial charge in [-0.05, 0) is 50.1 Å². The van der Waals surface area contributed by atoms with Crippen LogP contribution in [0.2, 0.25) is 0 Å². The topological polar surface area (TPSA) is 50.6 Å². The SMILES string of the molecule is CCNC(=NCCCn1ccc2ccccc21)NCCCCCOC.I. The number of rotatable bonds is 11. The van der Waals surface area contributed by atoms with Gasteiger partial charge in [-0.3, -0.25) is 4.99 Å². The molecule has 5 nitrogen and oxygen atoms in total. The molecule has 0 aliphatic rings. The van der Waals surface area contributed by atoms with Gasteiger partial charge in [0.2, 0.25) is 0 Å². The van der Waals surface area contributed by atoms with E-state index < -0.39 is 0 Å². The van der Waals surface area contributed by atoms with E-state index in [1.165, 1.54) is 17.3 Å². The summed E-state index contributed by atoms with van der Waals surface area (Å²) < 4.78 is 7.38. The number of ether oxygens (including phenoxy) is 1. The van der Waals surface area contributed by atoms with E-state index in [1.807, 2.05) is 0 Å². The number of hydrogen-bond donors (Lipinski definition) is 2. The first-order valence-corrected chi connectivity index (χ1v) is 9.40. The largest absolute Gasteiger partial charge is 0.385 e. The Kier molecular flexibility index (Phi) is 12.1. The fourth-order valence-electron chi connectivity index (χ4n) is 2.86. The van der Waals surface area contributed by atoms with Crippen LogP contribution < -0.4 is 10.6 Å². The summed E-state index contributed by atoms with van der Waals surface area (Å²) in [6.45, 7) is 6.61. The Hall–Kier alpha value is -1.28. The Balaban J connectivity index is 0.00000338. The summed E-state index contributed by atoms with van der Waals surface area (Å²) in [6.07, 6.45) is 6.64. The van der Waals surface area contributed by atoms with Gasteiger partial charge in [0.05, 0.1) is 0 Å². The average molecular weight is 472 g/mol. The van der Waals surface area contributed by atoms with E-state index in [-0.39, 0.29) is 24.0 Å². The standard InChI is InChI=1S/C20H32N4O.HI/c1-3-21-20(22-13-7-4-8-17-25-2)23-14-9-15-24-16-12-18-10-5-6-11-19(18)24;/h5-6,10-12,16H,3-4,7-9,13-15,17H2,1-2H3,(H2,21,22,23);1H. The summed E-state index contributed by atoms with van der Waals surface area (Å²) in [4.78, 5) is 4.68. The maximum absolute atomic E-state index is 5.07. The molecule has 0 bridgehead atoms. The van der Waals surface area contributed by atoms with E-state index in [9.17, 15) is 0 Å². The lowest BCUT2D eigenvalue weighted by Gasteiger charge is -2.11. The van der Waals surface area contributed by atoms with E-state index in [4.69, 9.17) is 4.74 Å². The maximum atomic E-state index is 5.07. The average Bonchev–Trinajstić information content (AvgIpc) is 3.04. The first-order chi connectivity index (χ1) is 12.3. The van der Waals surface area contributed by atoms with Crippen molar-refractivity contribution in [2.45, 2.75) is 39.2 Å². The molecule has 6 heteroatoms. The highest BCUT2D eigenvalue weighted by molar-refractivity contribution is 14.0. The summed E-state index contributed by atoms with van der Waals surface area (Å²) >= 11 is 0. The molecule has 26 heavy (non-hydrogen) atoms. The van der Waals surface area contributed by atoms with Crippen LogP contribution in [0, 0.1) is 0 Å². The Morgan fingerprint density at radius 1 is 1.08 bits per heavy atom. The van der Waals surface area contributed by atoms with Crippen molar-refractivity contribution in [2.24, 2.45) is 4.99 Å². The second-order valence-electron chi connectivity index (χ2n) is 6.16. The van der Waals surface area contributed by atoms with E-state index in [1.54, 1.807) is 7.11 Å². The van der Waals surface area contributed by atoms with Crippen molar-refractivity contribution >= 4 is 40.8 Å². The van der Waals surface area contributed by atoms with Gasteiger partial charge in [-0.25, -0.2) is 0 Å². The third kappa shape index (κ3) is 7.95. The highest BCUT2D eigenvalue weighted by atomic mass is 127. The molecular formula is C20H33IN4O. The maximum Gasteiger partial charge on any atom is 0.191 e. The number of aliphatic imine (C=N–C) groups is 1. The highest BCUT2D eigenvalue weighted by Crippen LogP contribution is 2.15. The summed E-state index contributed by atoms with van der Waals surface area (Å²) in [7, 11) is 1.75. The zero-order chi connectivity index (χ0) is 17.7. The molecule has 1 aromatic carbocycles. The van der Waals surface area contributed by atoms with Crippen molar-refractivity contribution < 1.29 is 4.74 Å². The second kappa shape index (κ2) is 13.9. The third-order valence-electron chi connectivity index (χ3n) is 4.17. The summed E-state index contributed by atoms with van der Waals surface area (Å²) in [5.41, 5.74) is 1.30. The summed E-state index contributed by atoms with van der Waals surface area (Å²) in [5, 5.41) is 8.03. The lowest BCUT2D eigenvalue weighted by atomic mass is 10.2. The predicted molar refractivity (Wildman–Crippen MR) is 122 cm³/mol. The van der Waals surface area contributed by atoms with Gasteiger partial charge in [-0.2, -0.15) is 0 Å². The highest BCUT2D eigenvalue weighted by Gasteiger charge is 2.00. The van der Waals surface area contributed by atoms with Crippen LogP contribution in [0.25, 0.3) is 10.9 Å². The fraction of sp³-hybridized carbons (Fsp3) is 0.550. The number of para-hydroxylation sites is 1. The normalized spacial score (nSPS) is 11.4. The van der Waals surface area contributed by atoms with Gasteiger partial charge in [-0.1, -0.05) is 18.2 Å². The molecule has 146 valence electrons. The van der Waals surface area contributed by atoms with Crippen molar-refractivity contribution in [1.29, 1.82) is 0 Å². The van der Waals surface area contributed by atoms with Crippen molar-refractivity contribution in [3.8, 4) is 0 Å². The van der Waals surface area contributed by atoms with Gasteiger partial charge in [0, 0.05) is 51.6 Å². The van der Waals surface area contributed by atoms with Gasteiger partial charge in [-0.15, -0.1) is 24.0 Å². The lowest BCUT2D eigenvalue weighted by Crippen LogP contribution is -2.37. The van der Waals surface area contributed by atoms with Gasteiger partial charge >= 0.3 is 0 Å². The lowest BCUT2D eigenvalue weighted by molar-refractivity contribution is 0.192. The molecule has 2 aromatic rings. The molecule has 1 heterocycles. The van der Waals surface area contributed by atoms with Crippen molar-refractivity contribution in [2.75, 3.05) is 33.4 Å². The molecule has 0 spiro atoms. The molecule has 0 saturated carbocycles. The summed E-state index contributed by atoms with van der Waals surface area (Å²) in [6, 6.07) is 10.7. The van der Waals surface area contributed by atoms with Crippen LogP contribution in [-0.2, 0) is 11.3 Å². The first kappa shape index (κ1) is 22.8. The molecule has 1 aromatic heterocycles. The van der Waals surface area contributed by atoms with Crippen LogP contribution in [0.4, 0.5) is 0 Å². The van der Waals surface area contributed by atoms with Crippen molar-refractivity contribution in [3.63, 3.8) is 0 Å². The minimum Gasteiger partial charge on any atom is -0.385 e. The van der Waals surface area contributed by atoms with E-state index in [2.05, 4.69) is 63.6 Å². The van der Waals surface area contributed by atoms with E-state index >= 15 is 0 Å². The zero-order valence-corrected chi connectivity index (χ0v) is 18.4. The molecule has 0 atom stereocenters. The van der Waals surface area contributed by atoms with Gasteiger partial charge < -0.3 is 19.9 Å². The number of fused-ring (bicyclic) bond motifs is 1. The second-order valence-corrected chi connectivity index (χ2v) is 6.16. The Labute approximate surface area is 174 Å². The number of halogens is 1. The molecule has 0 aliphatic carbocycles. The number of nitrogens with zero attached hydrogens (tertiary/aromatic N) is 2. The Bertz CT molecular complexity index is 642. The molecule has 0 fully saturated rings. The minimum absolute atomic E-state index is 0. The third-order valence-corrected chi connectivity index (χ3v) is 4.17. The number of benzene rings is 1. The van der Waals surface area contributed by atoms with Crippen LogP contribution in [0.15, 0.2) is 41.5 Å². The molecule has 0 aliphatic heterocycles. The number of methoxy groups -OCH3 is 1.